The van der Waals surface area contributed by atoms with Crippen molar-refractivity contribution >= 4 is 29.8 Å². The minimum atomic E-state index is -4.82. The van der Waals surface area contributed by atoms with E-state index in [1.54, 1.807) is 18.2 Å². The predicted molar refractivity (Wildman–Crippen MR) is 112 cm³/mol. The van der Waals surface area contributed by atoms with E-state index in [-0.39, 0.29) is 18.8 Å². The van der Waals surface area contributed by atoms with Crippen LogP contribution in [0, 0.1) is 5.92 Å². The second kappa shape index (κ2) is 12.4. The van der Waals surface area contributed by atoms with Crippen LogP contribution in [0.2, 0.25) is 0 Å². The Morgan fingerprint density at radius 2 is 2.00 bits per heavy atom. The van der Waals surface area contributed by atoms with Crippen LogP contribution >= 0.6 is 0 Å². The van der Waals surface area contributed by atoms with Gasteiger partial charge in [0, 0.05) is 6.20 Å². The molecule has 180 valence electrons. The molecule has 0 aliphatic heterocycles. The van der Waals surface area contributed by atoms with E-state index in [2.05, 4.69) is 36.7 Å². The molecule has 2 amide bonds. The first-order chi connectivity index (χ1) is 15.7. The molecule has 14 heteroatoms. The number of carbonyl (C=O) groups excluding carboxylic acids is 2. The third-order valence-electron chi connectivity index (χ3n) is 4.40. The van der Waals surface area contributed by atoms with E-state index in [0.29, 0.717) is 17.9 Å². The molecule has 11 nitrogen and oxygen atoms in total. The lowest BCUT2D eigenvalue weighted by Gasteiger charge is -2.20. The summed E-state index contributed by atoms with van der Waals surface area (Å²) in [6.07, 6.45) is 0.457. The monoisotopic (exact) mass is 470 g/mol. The van der Waals surface area contributed by atoms with Crippen molar-refractivity contribution in [1.29, 1.82) is 0 Å². The van der Waals surface area contributed by atoms with Crippen LogP contribution in [0.25, 0.3) is 0 Å². The molecule has 0 saturated heterocycles. The van der Waals surface area contributed by atoms with Gasteiger partial charge in [-0.05, 0) is 18.6 Å². The molecule has 0 fully saturated rings. The Morgan fingerprint density at radius 1 is 1.21 bits per heavy atom. The van der Waals surface area contributed by atoms with Crippen molar-refractivity contribution in [2.45, 2.75) is 38.8 Å². The van der Waals surface area contributed by atoms with Gasteiger partial charge >= 0.3 is 6.18 Å². The van der Waals surface area contributed by atoms with E-state index in [9.17, 15) is 28.0 Å². The summed E-state index contributed by atoms with van der Waals surface area (Å²) in [6, 6.07) is 4.84. The number of amides is 2. The quantitative estimate of drug-likeness (QED) is 0.129. The Bertz CT molecular complexity index is 902. The number of aromatic nitrogens is 3. The molecular formula is C19H25F3N8O3. The molecule has 5 N–H and O–H groups in total. The van der Waals surface area contributed by atoms with Gasteiger partial charge in [0.25, 0.3) is 0 Å². The van der Waals surface area contributed by atoms with Gasteiger partial charge in [0.05, 0.1) is 18.7 Å². The Hall–Kier alpha value is -3.68. The summed E-state index contributed by atoms with van der Waals surface area (Å²) < 4.78 is 40.4. The molecule has 0 aromatic carbocycles. The Kier molecular flexibility index (Phi) is 9.60. The maximum absolute atomic E-state index is 13.5. The average Bonchev–Trinajstić information content (AvgIpc) is 2.80. The van der Waals surface area contributed by atoms with Crippen LogP contribution in [-0.4, -0.2) is 44.1 Å². The van der Waals surface area contributed by atoms with Crippen LogP contribution in [0.15, 0.2) is 30.6 Å². The lowest BCUT2D eigenvalue weighted by Crippen LogP contribution is -2.40. The van der Waals surface area contributed by atoms with Crippen molar-refractivity contribution in [3.05, 3.63) is 36.3 Å². The fourth-order valence-electron chi connectivity index (χ4n) is 2.75. The van der Waals surface area contributed by atoms with E-state index in [4.69, 9.17) is 0 Å². The molecule has 33 heavy (non-hydrogen) atoms. The number of anilines is 3. The lowest BCUT2D eigenvalue weighted by molar-refractivity contribution is -0.154. The molecular weight excluding hydrogens is 445 g/mol. The summed E-state index contributed by atoms with van der Waals surface area (Å²) in [5.74, 6) is -1.64. The maximum atomic E-state index is 13.5. The number of carbonyl (C=O) groups is 2. The van der Waals surface area contributed by atoms with Gasteiger partial charge in [-0.3, -0.25) is 36.5 Å². The highest BCUT2D eigenvalue weighted by molar-refractivity contribution is 5.80. The molecule has 2 aromatic rings. The second-order valence-corrected chi connectivity index (χ2v) is 6.95. The van der Waals surface area contributed by atoms with Crippen molar-refractivity contribution in [3.63, 3.8) is 0 Å². The van der Waals surface area contributed by atoms with Crippen LogP contribution in [0.3, 0.4) is 0 Å². The number of hydroxylamine groups is 2. The largest absolute Gasteiger partial charge is 0.435 e. The number of alkyl halides is 3. The standard InChI is InChI=1S/C19H25F3N8O3/c1-2-3-4-7-13(11-30(33)12-31)17(32)28-29-18-24-10-14(16(25-18)19(20,21)22)26-27-15-8-5-6-9-23-15/h5-6,8-10,12-13,26,33H,2-4,7,11H2,1H3,(H,23,27)(H,28,32)(H,24,25,29)/t13-/m1/s1. The topological polar surface area (TPSA) is 144 Å². The number of hydrogen-bond acceptors (Lipinski definition) is 9. The third-order valence-corrected chi connectivity index (χ3v) is 4.40. The SMILES string of the molecule is CCCCC[C@H](CN(O)C=O)C(=O)NNc1ncc(NNc2ccccn2)c(C(F)(F)F)n1. The Labute approximate surface area is 187 Å². The van der Waals surface area contributed by atoms with Crippen LogP contribution in [0.5, 0.6) is 0 Å². The van der Waals surface area contributed by atoms with Crippen molar-refractivity contribution in [3.8, 4) is 0 Å². The number of nitrogens with zero attached hydrogens (tertiary/aromatic N) is 4. The van der Waals surface area contributed by atoms with Gasteiger partial charge < -0.3 is 0 Å². The van der Waals surface area contributed by atoms with E-state index in [1.807, 2.05) is 6.92 Å². The van der Waals surface area contributed by atoms with Gasteiger partial charge in [-0.15, -0.1) is 0 Å². The highest BCUT2D eigenvalue weighted by Gasteiger charge is 2.36. The molecule has 2 aromatic heterocycles. The maximum Gasteiger partial charge on any atom is 0.435 e. The highest BCUT2D eigenvalue weighted by atomic mass is 19.4. The summed E-state index contributed by atoms with van der Waals surface area (Å²) in [4.78, 5) is 34.2. The van der Waals surface area contributed by atoms with E-state index < -0.39 is 35.3 Å². The zero-order valence-corrected chi connectivity index (χ0v) is 17.8. The first-order valence-corrected chi connectivity index (χ1v) is 10.1. The van der Waals surface area contributed by atoms with Gasteiger partial charge in [-0.1, -0.05) is 32.3 Å². The van der Waals surface area contributed by atoms with Gasteiger partial charge in [0.1, 0.15) is 11.5 Å². The molecule has 1 atom stereocenters. The number of nitrogens with one attached hydrogen (secondary N) is 4. The van der Waals surface area contributed by atoms with Crippen LogP contribution in [-0.2, 0) is 15.8 Å². The predicted octanol–water partition coefficient (Wildman–Crippen LogP) is 2.82. The summed E-state index contributed by atoms with van der Waals surface area (Å²) >= 11 is 0. The van der Waals surface area contributed by atoms with Crippen molar-refractivity contribution in [2.24, 2.45) is 5.92 Å². The number of rotatable bonds is 13. The fourth-order valence-corrected chi connectivity index (χ4v) is 2.75. The lowest BCUT2D eigenvalue weighted by atomic mass is 10.0. The fraction of sp³-hybridized carbons (Fsp3) is 0.421. The molecule has 2 heterocycles. The van der Waals surface area contributed by atoms with E-state index in [0.717, 1.165) is 19.0 Å². The first-order valence-electron chi connectivity index (χ1n) is 10.1. The molecule has 2 rings (SSSR count). The van der Waals surface area contributed by atoms with Crippen LogP contribution in [0.1, 0.15) is 38.3 Å². The van der Waals surface area contributed by atoms with Gasteiger partial charge in [-0.25, -0.2) is 20.0 Å². The number of hydrazine groups is 2. The Balaban J connectivity index is 2.07. The number of hydrogen-bond donors (Lipinski definition) is 5. The summed E-state index contributed by atoms with van der Waals surface area (Å²) in [5.41, 5.74) is 7.63. The van der Waals surface area contributed by atoms with Crippen LogP contribution < -0.4 is 21.7 Å². The molecule has 0 saturated carbocycles. The number of halogens is 3. The zero-order chi connectivity index (χ0) is 24.3. The average molecular weight is 470 g/mol. The summed E-state index contributed by atoms with van der Waals surface area (Å²) in [5, 5.41) is 9.74. The van der Waals surface area contributed by atoms with Crippen molar-refractivity contribution < 1.29 is 28.0 Å². The molecule has 0 aliphatic rings. The van der Waals surface area contributed by atoms with Gasteiger partial charge in [0.2, 0.25) is 18.3 Å². The third kappa shape index (κ3) is 8.40. The minimum Gasteiger partial charge on any atom is -0.296 e. The summed E-state index contributed by atoms with van der Waals surface area (Å²) in [6.45, 7) is 1.71. The Morgan fingerprint density at radius 3 is 2.64 bits per heavy atom. The minimum absolute atomic E-state index is 0.164. The number of unbranched alkanes of at least 4 members (excludes halogenated alkanes) is 2. The number of pyridine rings is 1. The molecule has 0 spiro atoms. The van der Waals surface area contributed by atoms with Crippen LogP contribution in [0.4, 0.5) is 30.6 Å². The normalized spacial score (nSPS) is 11.9. The van der Waals surface area contributed by atoms with E-state index >= 15 is 0 Å². The molecule has 0 aliphatic carbocycles. The van der Waals surface area contributed by atoms with Crippen molar-refractivity contribution in [2.75, 3.05) is 22.8 Å². The second-order valence-electron chi connectivity index (χ2n) is 6.95. The smallest absolute Gasteiger partial charge is 0.296 e. The van der Waals surface area contributed by atoms with E-state index in [1.165, 1.54) is 6.20 Å². The first kappa shape index (κ1) is 25.6. The van der Waals surface area contributed by atoms with Crippen molar-refractivity contribution in [1.82, 2.24) is 25.4 Å². The highest BCUT2D eigenvalue weighted by Crippen LogP contribution is 2.33. The molecule has 0 unspecified atom stereocenters. The van der Waals surface area contributed by atoms with Gasteiger partial charge in [-0.2, -0.15) is 13.2 Å². The zero-order valence-electron chi connectivity index (χ0n) is 17.8. The molecule has 0 bridgehead atoms. The van der Waals surface area contributed by atoms with Gasteiger partial charge in [0.15, 0.2) is 5.69 Å². The molecule has 0 radical (unpaired) electrons. The summed E-state index contributed by atoms with van der Waals surface area (Å²) in [7, 11) is 0.